The highest BCUT2D eigenvalue weighted by atomic mass is 35.5. The smallest absolute Gasteiger partial charge is 0.265 e. The molecule has 1 aliphatic heterocycles. The van der Waals surface area contributed by atoms with Crippen LogP contribution in [-0.4, -0.2) is 19.0 Å². The van der Waals surface area contributed by atoms with E-state index in [1.54, 1.807) is 17.0 Å². The molecule has 1 heterocycles. The molecule has 1 aromatic carbocycles. The summed E-state index contributed by atoms with van der Waals surface area (Å²) in [6.45, 7) is 0.766. The molecule has 1 fully saturated rings. The van der Waals surface area contributed by atoms with E-state index in [1.807, 2.05) is 6.07 Å². The van der Waals surface area contributed by atoms with E-state index in [2.05, 4.69) is 0 Å². The predicted molar refractivity (Wildman–Crippen MR) is 65.7 cm³/mol. The van der Waals surface area contributed by atoms with Crippen LogP contribution in [0.15, 0.2) is 18.2 Å². The van der Waals surface area contributed by atoms with Crippen molar-refractivity contribution in [3.8, 4) is 0 Å². The Balaban J connectivity index is 2.22. The molecule has 0 atom stereocenters. The molecule has 2 rings (SSSR count). The summed E-state index contributed by atoms with van der Waals surface area (Å²) in [5, 5.41) is 0.491. The van der Waals surface area contributed by atoms with E-state index in [0.717, 1.165) is 5.56 Å². The zero-order valence-corrected chi connectivity index (χ0v) is 10.2. The number of hydrogen-bond donors (Lipinski definition) is 1. The minimum absolute atomic E-state index is 0.0397. The summed E-state index contributed by atoms with van der Waals surface area (Å²) >= 11 is 6.09. The summed E-state index contributed by atoms with van der Waals surface area (Å²) in [6, 6.07) is 5.34. The van der Waals surface area contributed by atoms with Crippen molar-refractivity contribution in [2.75, 3.05) is 18.0 Å². The van der Waals surface area contributed by atoms with Gasteiger partial charge in [-0.05, 0) is 24.1 Å². The van der Waals surface area contributed by atoms with Crippen molar-refractivity contribution in [2.45, 2.75) is 25.3 Å². The molecule has 94 valence electrons. The van der Waals surface area contributed by atoms with Gasteiger partial charge in [-0.15, -0.1) is 0 Å². The van der Waals surface area contributed by atoms with Crippen molar-refractivity contribution in [1.29, 1.82) is 0 Å². The van der Waals surface area contributed by atoms with E-state index >= 15 is 0 Å². The molecule has 0 unspecified atom stereocenters. The second-order valence-electron chi connectivity index (χ2n) is 4.37. The molecule has 17 heavy (non-hydrogen) atoms. The Bertz CT molecular complexity index is 409. The third-order valence-corrected chi connectivity index (χ3v) is 3.28. The molecule has 1 saturated heterocycles. The number of benzene rings is 1. The standard InChI is InChI=1S/C12H15ClF2N2/c13-10-6-9(7-16)2-3-11(10)17-5-1-4-12(14,15)8-17/h2-3,6H,1,4-5,7-8,16H2. The Morgan fingerprint density at radius 2 is 2.18 bits per heavy atom. The number of nitrogens with two attached hydrogens (primary N) is 1. The maximum Gasteiger partial charge on any atom is 0.265 e. The fourth-order valence-corrected chi connectivity index (χ4v) is 2.43. The Hall–Kier alpha value is -0.870. The number of alkyl halides is 2. The number of piperidine rings is 1. The first kappa shape index (κ1) is 12.6. The SMILES string of the molecule is NCc1ccc(N2CCCC(F)(F)C2)c(Cl)c1. The monoisotopic (exact) mass is 260 g/mol. The highest BCUT2D eigenvalue weighted by molar-refractivity contribution is 6.33. The molecule has 0 bridgehead atoms. The summed E-state index contributed by atoms with van der Waals surface area (Å²) in [5.74, 6) is -2.62. The van der Waals surface area contributed by atoms with Gasteiger partial charge in [0.1, 0.15) is 0 Å². The van der Waals surface area contributed by atoms with Crippen LogP contribution in [0.25, 0.3) is 0 Å². The molecule has 0 aromatic heterocycles. The molecule has 2 N–H and O–H groups in total. The highest BCUT2D eigenvalue weighted by Crippen LogP contribution is 2.33. The van der Waals surface area contributed by atoms with Crippen LogP contribution in [0.3, 0.4) is 0 Å². The van der Waals surface area contributed by atoms with E-state index in [4.69, 9.17) is 17.3 Å². The van der Waals surface area contributed by atoms with Gasteiger partial charge in [0.2, 0.25) is 0 Å². The first-order valence-corrected chi connectivity index (χ1v) is 6.01. The first-order chi connectivity index (χ1) is 8.02. The van der Waals surface area contributed by atoms with E-state index in [-0.39, 0.29) is 13.0 Å². The van der Waals surface area contributed by atoms with Crippen LogP contribution in [0.5, 0.6) is 0 Å². The lowest BCUT2D eigenvalue weighted by atomic mass is 10.1. The van der Waals surface area contributed by atoms with Crippen LogP contribution >= 0.6 is 11.6 Å². The Kier molecular flexibility index (Phi) is 3.54. The fourth-order valence-electron chi connectivity index (χ4n) is 2.11. The average Bonchev–Trinajstić information content (AvgIpc) is 2.27. The van der Waals surface area contributed by atoms with Crippen molar-refractivity contribution in [3.63, 3.8) is 0 Å². The van der Waals surface area contributed by atoms with Gasteiger partial charge in [-0.25, -0.2) is 8.78 Å². The van der Waals surface area contributed by atoms with Crippen LogP contribution in [0.4, 0.5) is 14.5 Å². The summed E-state index contributed by atoms with van der Waals surface area (Å²) < 4.78 is 26.6. The molecule has 0 saturated carbocycles. The summed E-state index contributed by atoms with van der Waals surface area (Å²) in [5.41, 5.74) is 7.07. The first-order valence-electron chi connectivity index (χ1n) is 5.63. The minimum Gasteiger partial charge on any atom is -0.364 e. The van der Waals surface area contributed by atoms with E-state index in [9.17, 15) is 8.78 Å². The van der Waals surface area contributed by atoms with Crippen LogP contribution in [0.1, 0.15) is 18.4 Å². The second-order valence-corrected chi connectivity index (χ2v) is 4.78. The lowest BCUT2D eigenvalue weighted by molar-refractivity contribution is -0.0116. The second kappa shape index (κ2) is 4.78. The van der Waals surface area contributed by atoms with Crippen LogP contribution in [-0.2, 0) is 6.54 Å². The number of anilines is 1. The van der Waals surface area contributed by atoms with Gasteiger partial charge in [-0.3, -0.25) is 0 Å². The summed E-state index contributed by atoms with van der Waals surface area (Å²) in [6.07, 6.45) is 0.448. The lowest BCUT2D eigenvalue weighted by Crippen LogP contribution is -2.42. The van der Waals surface area contributed by atoms with E-state index < -0.39 is 5.92 Å². The average molecular weight is 261 g/mol. The van der Waals surface area contributed by atoms with Crippen molar-refractivity contribution in [1.82, 2.24) is 0 Å². The number of nitrogens with zero attached hydrogens (tertiary/aromatic N) is 1. The maximum absolute atomic E-state index is 13.3. The summed E-state index contributed by atoms with van der Waals surface area (Å²) in [4.78, 5) is 1.64. The van der Waals surface area contributed by atoms with E-state index in [0.29, 0.717) is 30.2 Å². The predicted octanol–water partition coefficient (Wildman–Crippen LogP) is 3.03. The number of rotatable bonds is 2. The third kappa shape index (κ3) is 2.87. The quantitative estimate of drug-likeness (QED) is 0.886. The maximum atomic E-state index is 13.3. The van der Waals surface area contributed by atoms with Gasteiger partial charge in [-0.2, -0.15) is 0 Å². The molecular weight excluding hydrogens is 246 g/mol. The molecule has 0 aliphatic carbocycles. The van der Waals surface area contributed by atoms with Gasteiger partial charge in [0, 0.05) is 19.5 Å². The fraction of sp³-hybridized carbons (Fsp3) is 0.500. The Morgan fingerprint density at radius 1 is 1.41 bits per heavy atom. The number of halogens is 3. The molecule has 2 nitrogen and oxygen atoms in total. The van der Waals surface area contributed by atoms with Gasteiger partial charge >= 0.3 is 0 Å². The largest absolute Gasteiger partial charge is 0.364 e. The van der Waals surface area contributed by atoms with E-state index in [1.165, 1.54) is 0 Å². The minimum atomic E-state index is -2.62. The molecule has 1 aliphatic rings. The molecule has 0 radical (unpaired) electrons. The van der Waals surface area contributed by atoms with Crippen molar-refractivity contribution >= 4 is 17.3 Å². The van der Waals surface area contributed by atoms with Crippen LogP contribution < -0.4 is 10.6 Å². The molecule has 0 spiro atoms. The molecule has 0 amide bonds. The van der Waals surface area contributed by atoms with Gasteiger partial charge in [0.25, 0.3) is 5.92 Å². The Morgan fingerprint density at radius 3 is 2.76 bits per heavy atom. The molecule has 5 heteroatoms. The van der Waals surface area contributed by atoms with Crippen molar-refractivity contribution in [2.24, 2.45) is 5.73 Å². The molecular formula is C12H15ClF2N2. The summed E-state index contributed by atoms with van der Waals surface area (Å²) in [7, 11) is 0. The van der Waals surface area contributed by atoms with Gasteiger partial charge in [0.15, 0.2) is 0 Å². The third-order valence-electron chi connectivity index (χ3n) is 2.98. The van der Waals surface area contributed by atoms with Gasteiger partial charge in [-0.1, -0.05) is 17.7 Å². The topological polar surface area (TPSA) is 29.3 Å². The lowest BCUT2D eigenvalue weighted by Gasteiger charge is -2.34. The zero-order chi connectivity index (χ0) is 12.5. The van der Waals surface area contributed by atoms with Crippen LogP contribution in [0.2, 0.25) is 5.02 Å². The van der Waals surface area contributed by atoms with Crippen LogP contribution in [0, 0.1) is 0 Å². The van der Waals surface area contributed by atoms with Crippen molar-refractivity contribution in [3.05, 3.63) is 28.8 Å². The normalized spacial score (nSPS) is 19.4. The van der Waals surface area contributed by atoms with Gasteiger partial charge in [0.05, 0.1) is 17.3 Å². The van der Waals surface area contributed by atoms with Crippen molar-refractivity contribution < 1.29 is 8.78 Å². The van der Waals surface area contributed by atoms with Gasteiger partial charge < -0.3 is 10.6 Å². The molecule has 1 aromatic rings. The number of hydrogen-bond acceptors (Lipinski definition) is 2. The zero-order valence-electron chi connectivity index (χ0n) is 9.43. The highest BCUT2D eigenvalue weighted by Gasteiger charge is 2.35. The Labute approximate surface area is 104 Å².